The Bertz CT molecular complexity index is 829. The van der Waals surface area contributed by atoms with Crippen molar-refractivity contribution in [3.05, 3.63) is 29.6 Å². The van der Waals surface area contributed by atoms with Gasteiger partial charge >= 0.3 is 0 Å². The molecule has 1 aliphatic carbocycles. The molecule has 33 heavy (non-hydrogen) atoms. The summed E-state index contributed by atoms with van der Waals surface area (Å²) in [6.45, 7) is 8.68. The van der Waals surface area contributed by atoms with E-state index in [1.54, 1.807) is 12.1 Å². The first-order valence-corrected chi connectivity index (χ1v) is 12.3. The van der Waals surface area contributed by atoms with Crippen molar-refractivity contribution in [2.45, 2.75) is 44.6 Å². The van der Waals surface area contributed by atoms with Gasteiger partial charge in [-0.3, -0.25) is 19.4 Å². The lowest BCUT2D eigenvalue weighted by Gasteiger charge is -2.48. The second kappa shape index (κ2) is 10.9. The highest BCUT2D eigenvalue weighted by Gasteiger charge is 2.38. The number of hydrogen-bond donors (Lipinski definition) is 1. The molecule has 8 heteroatoms. The first-order valence-electron chi connectivity index (χ1n) is 12.3. The molecule has 0 atom stereocenters. The number of Topliss-reactive ketones (excluding diaryl/α,β-unsaturated/α-hetero) is 1. The monoisotopic (exact) mass is 460 g/mol. The Balaban J connectivity index is 1.26. The highest BCUT2D eigenvalue weighted by Crippen LogP contribution is 2.34. The minimum absolute atomic E-state index is 0.0682. The number of anilines is 1. The van der Waals surface area contributed by atoms with Gasteiger partial charge < -0.3 is 15.0 Å². The number of benzene rings is 1. The molecule has 0 aromatic heterocycles. The third-order valence-corrected chi connectivity index (χ3v) is 7.52. The van der Waals surface area contributed by atoms with Crippen LogP contribution < -0.4 is 10.2 Å². The summed E-state index contributed by atoms with van der Waals surface area (Å²) in [5.41, 5.74) is 0.980. The molecule has 3 aliphatic rings. The second-order valence-corrected chi connectivity index (χ2v) is 9.65. The van der Waals surface area contributed by atoms with Crippen LogP contribution in [0.3, 0.4) is 0 Å². The van der Waals surface area contributed by atoms with Gasteiger partial charge in [-0.25, -0.2) is 4.39 Å². The van der Waals surface area contributed by atoms with Crippen LogP contribution in [0.1, 0.15) is 49.4 Å². The summed E-state index contributed by atoms with van der Waals surface area (Å²) in [6, 6.07) is 4.67. The first kappa shape index (κ1) is 24.1. The molecule has 1 saturated carbocycles. The first-order chi connectivity index (χ1) is 16.0. The normalized spacial score (nSPS) is 22.2. The van der Waals surface area contributed by atoms with E-state index in [1.807, 2.05) is 4.90 Å². The maximum absolute atomic E-state index is 14.5. The van der Waals surface area contributed by atoms with E-state index in [0.717, 1.165) is 39.1 Å². The van der Waals surface area contributed by atoms with Crippen LogP contribution in [0.25, 0.3) is 0 Å². The fraction of sp³-hybridized carbons (Fsp3) is 0.680. The maximum atomic E-state index is 14.5. The number of nitrogens with zero attached hydrogens (tertiary/aromatic N) is 3. The van der Waals surface area contributed by atoms with Crippen molar-refractivity contribution in [1.82, 2.24) is 15.1 Å². The smallest absolute Gasteiger partial charge is 0.234 e. The van der Waals surface area contributed by atoms with E-state index in [4.69, 9.17) is 4.74 Å². The van der Waals surface area contributed by atoms with Crippen LogP contribution >= 0.6 is 0 Å². The number of morpholine rings is 1. The highest BCUT2D eigenvalue weighted by atomic mass is 19.1. The molecule has 0 spiro atoms. The van der Waals surface area contributed by atoms with E-state index in [2.05, 4.69) is 15.1 Å². The Morgan fingerprint density at radius 3 is 2.36 bits per heavy atom. The lowest BCUT2D eigenvalue weighted by atomic mass is 9.79. The molecule has 7 nitrogen and oxygen atoms in total. The van der Waals surface area contributed by atoms with E-state index < -0.39 is 0 Å². The molecule has 0 unspecified atom stereocenters. The number of ketones is 1. The number of ether oxygens (including phenoxy) is 1. The number of piperazine rings is 1. The quantitative estimate of drug-likeness (QED) is 0.630. The van der Waals surface area contributed by atoms with Gasteiger partial charge in [0.15, 0.2) is 5.78 Å². The summed E-state index contributed by atoms with van der Waals surface area (Å²) in [4.78, 5) is 30.9. The number of nitrogens with one attached hydrogen (secondary N) is 1. The van der Waals surface area contributed by atoms with Crippen molar-refractivity contribution in [2.75, 3.05) is 70.5 Å². The number of carbonyl (C=O) groups is 2. The fourth-order valence-corrected chi connectivity index (χ4v) is 5.50. The van der Waals surface area contributed by atoms with E-state index >= 15 is 0 Å². The van der Waals surface area contributed by atoms with Gasteiger partial charge in [-0.1, -0.05) is 19.3 Å². The SMILES string of the molecule is CC(=O)c1ccc(N2CCN(CC(=O)NCC3(N4CCOCC4)CCCCC3)CC2)c(F)c1. The predicted molar refractivity (Wildman–Crippen MR) is 126 cm³/mol. The van der Waals surface area contributed by atoms with Crippen molar-refractivity contribution in [3.8, 4) is 0 Å². The third kappa shape index (κ3) is 5.91. The summed E-state index contributed by atoms with van der Waals surface area (Å²) in [6.07, 6.45) is 6.00. The molecule has 2 heterocycles. The second-order valence-electron chi connectivity index (χ2n) is 9.65. The molecule has 1 aromatic carbocycles. The molecule has 0 bridgehead atoms. The van der Waals surface area contributed by atoms with Gasteiger partial charge in [-0.15, -0.1) is 0 Å². The van der Waals surface area contributed by atoms with E-state index in [-0.39, 0.29) is 23.0 Å². The molecule has 0 radical (unpaired) electrons. The van der Waals surface area contributed by atoms with Crippen LogP contribution in [0.2, 0.25) is 0 Å². The largest absolute Gasteiger partial charge is 0.379 e. The maximum Gasteiger partial charge on any atom is 0.234 e. The molecule has 3 fully saturated rings. The van der Waals surface area contributed by atoms with Gasteiger partial charge in [0.2, 0.25) is 5.91 Å². The summed E-state index contributed by atoms with van der Waals surface area (Å²) >= 11 is 0. The summed E-state index contributed by atoms with van der Waals surface area (Å²) in [5, 5.41) is 3.24. The standard InChI is InChI=1S/C25H37FN4O3/c1-20(31)21-5-6-23(22(26)17-21)29-11-9-28(10-12-29)18-24(32)27-19-25(7-3-2-4-8-25)30-13-15-33-16-14-30/h5-6,17H,2-4,7-16,18-19H2,1H3,(H,27,32). The van der Waals surface area contributed by atoms with Gasteiger partial charge in [0.05, 0.1) is 25.4 Å². The van der Waals surface area contributed by atoms with Gasteiger partial charge in [-0.2, -0.15) is 0 Å². The Morgan fingerprint density at radius 1 is 1.03 bits per heavy atom. The van der Waals surface area contributed by atoms with Crippen LogP contribution in [-0.4, -0.2) is 92.6 Å². The van der Waals surface area contributed by atoms with Crippen molar-refractivity contribution in [3.63, 3.8) is 0 Å². The Hall–Kier alpha value is -2.03. The molecule has 1 aromatic rings. The number of amides is 1. The number of carbonyl (C=O) groups excluding carboxylic acids is 2. The van der Waals surface area contributed by atoms with Gasteiger partial charge in [-0.05, 0) is 38.0 Å². The topological polar surface area (TPSA) is 65.1 Å². The Kier molecular flexibility index (Phi) is 7.98. The van der Waals surface area contributed by atoms with Gasteiger partial charge in [0.25, 0.3) is 0 Å². The molecule has 1 amide bonds. The average molecular weight is 461 g/mol. The molecule has 182 valence electrons. The summed E-state index contributed by atoms with van der Waals surface area (Å²) in [7, 11) is 0. The zero-order chi connectivity index (χ0) is 23.3. The minimum Gasteiger partial charge on any atom is -0.379 e. The van der Waals surface area contributed by atoms with Crippen LogP contribution in [0, 0.1) is 5.82 Å². The number of hydrogen-bond acceptors (Lipinski definition) is 6. The Labute approximate surface area is 196 Å². The summed E-state index contributed by atoms with van der Waals surface area (Å²) < 4.78 is 20.0. The molecule has 4 rings (SSSR count). The molecule has 2 aliphatic heterocycles. The molecular formula is C25H37FN4O3. The average Bonchev–Trinajstić information content (AvgIpc) is 2.84. The van der Waals surface area contributed by atoms with E-state index in [9.17, 15) is 14.0 Å². The number of halogens is 1. The highest BCUT2D eigenvalue weighted by molar-refractivity contribution is 5.94. The van der Waals surface area contributed by atoms with Crippen LogP contribution in [0.15, 0.2) is 18.2 Å². The van der Waals surface area contributed by atoms with Crippen LogP contribution in [0.5, 0.6) is 0 Å². The molecular weight excluding hydrogens is 423 g/mol. The van der Waals surface area contributed by atoms with Crippen LogP contribution in [-0.2, 0) is 9.53 Å². The summed E-state index contributed by atoms with van der Waals surface area (Å²) in [5.74, 6) is -0.437. The zero-order valence-corrected chi connectivity index (χ0v) is 19.8. The van der Waals surface area contributed by atoms with Crippen molar-refractivity contribution in [1.29, 1.82) is 0 Å². The van der Waals surface area contributed by atoms with Crippen molar-refractivity contribution in [2.24, 2.45) is 0 Å². The number of rotatable bonds is 7. The third-order valence-electron chi connectivity index (χ3n) is 7.52. The van der Waals surface area contributed by atoms with Crippen LogP contribution in [0.4, 0.5) is 10.1 Å². The lowest BCUT2D eigenvalue weighted by Crippen LogP contribution is -2.60. The van der Waals surface area contributed by atoms with E-state index in [1.165, 1.54) is 32.3 Å². The van der Waals surface area contributed by atoms with Gasteiger partial charge in [0.1, 0.15) is 5.82 Å². The Morgan fingerprint density at radius 2 is 1.73 bits per heavy atom. The molecule has 1 N–H and O–H groups in total. The van der Waals surface area contributed by atoms with Crippen molar-refractivity contribution >= 4 is 17.4 Å². The van der Waals surface area contributed by atoms with E-state index in [0.29, 0.717) is 50.5 Å². The zero-order valence-electron chi connectivity index (χ0n) is 19.8. The molecule has 2 saturated heterocycles. The van der Waals surface area contributed by atoms with Gasteiger partial charge in [0, 0.05) is 56.9 Å². The predicted octanol–water partition coefficient (Wildman–Crippen LogP) is 2.30. The minimum atomic E-state index is -0.366. The lowest BCUT2D eigenvalue weighted by molar-refractivity contribution is -0.123. The fourth-order valence-electron chi connectivity index (χ4n) is 5.50. The van der Waals surface area contributed by atoms with Crippen molar-refractivity contribution < 1.29 is 18.7 Å².